The van der Waals surface area contributed by atoms with Crippen LogP contribution in [0.15, 0.2) is 0 Å². The van der Waals surface area contributed by atoms with Crippen LogP contribution in [0.2, 0.25) is 0 Å². The van der Waals surface area contributed by atoms with Gasteiger partial charge in [0.2, 0.25) is 0 Å². The third-order valence-corrected chi connectivity index (χ3v) is 1.88. The number of rotatable bonds is 2. The third-order valence-electron chi connectivity index (χ3n) is 1.88. The molecule has 72 valence electrons. The molecule has 3 heteroatoms. The van der Waals surface area contributed by atoms with Crippen molar-refractivity contribution >= 4 is 5.97 Å². The van der Waals surface area contributed by atoms with E-state index in [0.717, 1.165) is 0 Å². The first-order chi connectivity index (χ1) is 5.25. The summed E-state index contributed by atoms with van der Waals surface area (Å²) in [4.78, 5) is 11.1. The van der Waals surface area contributed by atoms with E-state index in [9.17, 15) is 4.79 Å². The van der Waals surface area contributed by atoms with Gasteiger partial charge < -0.3 is 10.5 Å². The Bertz CT molecular complexity index is 158. The summed E-state index contributed by atoms with van der Waals surface area (Å²) in [5.41, 5.74) is 5.33. The largest absolute Gasteiger partial charge is 0.461 e. The van der Waals surface area contributed by atoms with Gasteiger partial charge in [-0.3, -0.25) is 4.79 Å². The summed E-state index contributed by atoms with van der Waals surface area (Å²) in [6.45, 7) is 9.56. The molecule has 0 aromatic carbocycles. The van der Waals surface area contributed by atoms with Crippen LogP contribution in [-0.2, 0) is 9.53 Å². The third kappa shape index (κ3) is 3.72. The van der Waals surface area contributed by atoms with Crippen molar-refractivity contribution in [3.8, 4) is 0 Å². The van der Waals surface area contributed by atoms with Gasteiger partial charge in [-0.15, -0.1) is 0 Å². The van der Waals surface area contributed by atoms with E-state index in [1.54, 1.807) is 6.92 Å². The molecule has 0 aliphatic rings. The highest BCUT2D eigenvalue weighted by Gasteiger charge is 2.24. The molecule has 3 nitrogen and oxygen atoms in total. The maximum Gasteiger partial charge on any atom is 0.322 e. The van der Waals surface area contributed by atoms with E-state index in [2.05, 4.69) is 0 Å². The first-order valence-electron chi connectivity index (χ1n) is 4.21. The Morgan fingerprint density at radius 1 is 1.33 bits per heavy atom. The summed E-state index contributed by atoms with van der Waals surface area (Å²) < 4.78 is 5.11. The fourth-order valence-corrected chi connectivity index (χ4v) is 0.458. The van der Waals surface area contributed by atoms with Gasteiger partial charge in [-0.25, -0.2) is 0 Å². The zero-order valence-corrected chi connectivity index (χ0v) is 8.55. The molecule has 0 radical (unpaired) electrons. The molecule has 1 unspecified atom stereocenters. The van der Waals surface area contributed by atoms with Crippen LogP contribution in [0.5, 0.6) is 0 Å². The quantitative estimate of drug-likeness (QED) is 0.640. The van der Waals surface area contributed by atoms with Gasteiger partial charge in [-0.2, -0.15) is 0 Å². The second-order valence-corrected chi connectivity index (χ2v) is 4.23. The maximum absolute atomic E-state index is 11.1. The highest BCUT2D eigenvalue weighted by molar-refractivity contribution is 5.75. The summed E-state index contributed by atoms with van der Waals surface area (Å²) in [6, 6.07) is -0.533. The molecule has 0 fully saturated rings. The van der Waals surface area contributed by atoms with E-state index < -0.39 is 6.04 Å². The molecule has 0 aromatic heterocycles. The number of hydrogen-bond donors (Lipinski definition) is 1. The molecular weight excluding hydrogens is 154 g/mol. The second-order valence-electron chi connectivity index (χ2n) is 4.23. The predicted molar refractivity (Wildman–Crippen MR) is 48.7 cm³/mol. The highest BCUT2D eigenvalue weighted by Crippen LogP contribution is 2.21. The predicted octanol–water partition coefficient (Wildman–Crippen LogP) is 1.31. The molecule has 0 bridgehead atoms. The fraction of sp³-hybridized carbons (Fsp3) is 0.889. The lowest BCUT2D eigenvalue weighted by Gasteiger charge is -2.27. The molecule has 0 heterocycles. The van der Waals surface area contributed by atoms with Crippen molar-refractivity contribution < 1.29 is 9.53 Å². The average Bonchev–Trinajstić information content (AvgIpc) is 1.85. The molecule has 12 heavy (non-hydrogen) atoms. The Morgan fingerprint density at radius 3 is 2.00 bits per heavy atom. The van der Waals surface area contributed by atoms with Crippen LogP contribution in [-0.4, -0.2) is 18.1 Å². The number of carbonyl (C=O) groups excluding carboxylic acids is 1. The number of esters is 1. The van der Waals surface area contributed by atoms with Crippen LogP contribution in [0.4, 0.5) is 0 Å². The van der Waals surface area contributed by atoms with Crippen LogP contribution in [0, 0.1) is 5.41 Å². The first-order valence-corrected chi connectivity index (χ1v) is 4.21. The van der Waals surface area contributed by atoms with Crippen molar-refractivity contribution in [2.45, 2.75) is 46.8 Å². The van der Waals surface area contributed by atoms with Gasteiger partial charge in [0.25, 0.3) is 0 Å². The standard InChI is InChI=1S/C9H19NO2/c1-6(10)8(11)12-7(2)9(3,4)5/h6-7H,10H2,1-5H3/t6?,7-/m1/s1. The normalized spacial score (nSPS) is 16.8. The van der Waals surface area contributed by atoms with Crippen LogP contribution in [0.25, 0.3) is 0 Å². The maximum atomic E-state index is 11.1. The Hall–Kier alpha value is -0.570. The Balaban J connectivity index is 4.02. The van der Waals surface area contributed by atoms with E-state index in [4.69, 9.17) is 10.5 Å². The van der Waals surface area contributed by atoms with Gasteiger partial charge in [-0.05, 0) is 19.3 Å². The zero-order chi connectivity index (χ0) is 9.94. The zero-order valence-electron chi connectivity index (χ0n) is 8.55. The summed E-state index contributed by atoms with van der Waals surface area (Å²) in [7, 11) is 0. The molecule has 0 rings (SSSR count). The van der Waals surface area contributed by atoms with Crippen LogP contribution < -0.4 is 5.73 Å². The number of carbonyl (C=O) groups is 1. The minimum atomic E-state index is -0.533. The lowest BCUT2D eigenvalue weighted by Crippen LogP contribution is -2.36. The molecule has 0 saturated heterocycles. The topological polar surface area (TPSA) is 52.3 Å². The van der Waals surface area contributed by atoms with Gasteiger partial charge in [0.1, 0.15) is 12.1 Å². The average molecular weight is 173 g/mol. The summed E-state index contributed by atoms with van der Waals surface area (Å²) in [5, 5.41) is 0. The molecule has 2 N–H and O–H groups in total. The lowest BCUT2D eigenvalue weighted by molar-refractivity contribution is -0.154. The van der Waals surface area contributed by atoms with Crippen molar-refractivity contribution in [2.75, 3.05) is 0 Å². The van der Waals surface area contributed by atoms with E-state index in [-0.39, 0.29) is 17.5 Å². The fourth-order valence-electron chi connectivity index (χ4n) is 0.458. The number of nitrogens with two attached hydrogens (primary N) is 1. The minimum Gasteiger partial charge on any atom is -0.461 e. The molecule has 0 aliphatic carbocycles. The SMILES string of the molecule is CC(N)C(=O)O[C@H](C)C(C)(C)C. The van der Waals surface area contributed by atoms with Crippen molar-refractivity contribution in [3.63, 3.8) is 0 Å². The van der Waals surface area contributed by atoms with Gasteiger partial charge in [-0.1, -0.05) is 20.8 Å². The van der Waals surface area contributed by atoms with Crippen molar-refractivity contribution in [1.29, 1.82) is 0 Å². The van der Waals surface area contributed by atoms with Gasteiger partial charge >= 0.3 is 5.97 Å². The van der Waals surface area contributed by atoms with Crippen LogP contribution >= 0.6 is 0 Å². The van der Waals surface area contributed by atoms with Gasteiger partial charge in [0, 0.05) is 0 Å². The second kappa shape index (κ2) is 3.90. The molecule has 2 atom stereocenters. The monoisotopic (exact) mass is 173 g/mol. The lowest BCUT2D eigenvalue weighted by atomic mass is 9.90. The number of hydrogen-bond acceptors (Lipinski definition) is 3. The molecule has 0 saturated carbocycles. The Labute approximate surface area is 74.3 Å². The molecular formula is C9H19NO2. The Morgan fingerprint density at radius 2 is 1.75 bits per heavy atom. The van der Waals surface area contributed by atoms with Crippen LogP contribution in [0.1, 0.15) is 34.6 Å². The molecule has 0 aliphatic heterocycles. The first kappa shape index (κ1) is 11.4. The van der Waals surface area contributed by atoms with Gasteiger partial charge in [0.15, 0.2) is 0 Å². The molecule has 0 aromatic rings. The Kier molecular flexibility index (Phi) is 3.71. The van der Waals surface area contributed by atoms with E-state index in [1.165, 1.54) is 0 Å². The molecule has 0 amide bonds. The summed E-state index contributed by atoms with van der Waals surface area (Å²) >= 11 is 0. The smallest absolute Gasteiger partial charge is 0.322 e. The van der Waals surface area contributed by atoms with E-state index in [1.807, 2.05) is 27.7 Å². The summed E-state index contributed by atoms with van der Waals surface area (Å²) in [6.07, 6.45) is -0.101. The van der Waals surface area contributed by atoms with Crippen molar-refractivity contribution in [3.05, 3.63) is 0 Å². The highest BCUT2D eigenvalue weighted by atomic mass is 16.5. The molecule has 0 spiro atoms. The van der Waals surface area contributed by atoms with Crippen LogP contribution in [0.3, 0.4) is 0 Å². The van der Waals surface area contributed by atoms with Crippen molar-refractivity contribution in [2.24, 2.45) is 11.1 Å². The summed E-state index contributed by atoms with van der Waals surface area (Å²) in [5.74, 6) is -0.336. The van der Waals surface area contributed by atoms with E-state index in [0.29, 0.717) is 0 Å². The number of ether oxygens (including phenoxy) is 1. The van der Waals surface area contributed by atoms with E-state index >= 15 is 0 Å². The van der Waals surface area contributed by atoms with Crippen molar-refractivity contribution in [1.82, 2.24) is 0 Å². The minimum absolute atomic E-state index is 0.0233. The van der Waals surface area contributed by atoms with Gasteiger partial charge in [0.05, 0.1) is 0 Å².